The minimum atomic E-state index is -3.52. The first-order valence-corrected chi connectivity index (χ1v) is 7.52. The molecule has 1 aromatic carbocycles. The molecule has 0 bridgehead atoms. The summed E-state index contributed by atoms with van der Waals surface area (Å²) in [6.45, 7) is 2.35. The van der Waals surface area contributed by atoms with Gasteiger partial charge in [-0.1, -0.05) is 0 Å². The minimum absolute atomic E-state index is 0.153. The van der Waals surface area contributed by atoms with E-state index in [9.17, 15) is 13.2 Å². The van der Waals surface area contributed by atoms with Crippen molar-refractivity contribution in [3.8, 4) is 0 Å². The topological polar surface area (TPSA) is 79.6 Å². The van der Waals surface area contributed by atoms with Gasteiger partial charge >= 0.3 is 5.97 Å². The molecule has 1 N–H and O–H groups in total. The number of aromatic nitrogens is 1. The molecule has 6 nitrogen and oxygen atoms in total. The lowest BCUT2D eigenvalue weighted by Gasteiger charge is -2.11. The van der Waals surface area contributed by atoms with Crippen molar-refractivity contribution in [1.29, 1.82) is 0 Å². The number of fused-ring (bicyclic) bond motifs is 1. The summed E-state index contributed by atoms with van der Waals surface area (Å²) in [6, 6.07) is 6.14. The normalized spacial score (nSPS) is 12.2. The van der Waals surface area contributed by atoms with Gasteiger partial charge in [0.1, 0.15) is 5.69 Å². The van der Waals surface area contributed by atoms with Gasteiger partial charge < -0.3 is 9.67 Å². The van der Waals surface area contributed by atoms with Crippen LogP contribution in [0.1, 0.15) is 17.4 Å². The number of benzene rings is 1. The van der Waals surface area contributed by atoms with Crippen LogP contribution in [0.4, 0.5) is 0 Å². The van der Waals surface area contributed by atoms with Crippen LogP contribution in [0.2, 0.25) is 0 Å². The van der Waals surface area contributed by atoms with Crippen LogP contribution in [0.25, 0.3) is 10.9 Å². The first-order chi connectivity index (χ1) is 9.28. The number of sulfonamides is 1. The largest absolute Gasteiger partial charge is 0.477 e. The molecule has 0 aliphatic heterocycles. The van der Waals surface area contributed by atoms with Gasteiger partial charge in [-0.05, 0) is 31.2 Å². The highest BCUT2D eigenvalue weighted by Gasteiger charge is 2.20. The van der Waals surface area contributed by atoms with Crippen LogP contribution in [0.5, 0.6) is 0 Å². The summed E-state index contributed by atoms with van der Waals surface area (Å²) in [4.78, 5) is 11.3. The summed E-state index contributed by atoms with van der Waals surface area (Å²) in [5.41, 5.74) is 0.865. The van der Waals surface area contributed by atoms with E-state index in [2.05, 4.69) is 0 Å². The number of carbonyl (C=O) groups is 1. The fourth-order valence-electron chi connectivity index (χ4n) is 2.14. The number of aryl methyl sites for hydroxylation is 1. The van der Waals surface area contributed by atoms with Crippen molar-refractivity contribution in [2.45, 2.75) is 18.4 Å². The quantitative estimate of drug-likeness (QED) is 0.929. The summed E-state index contributed by atoms with van der Waals surface area (Å²) in [6.07, 6.45) is 0. The van der Waals surface area contributed by atoms with Gasteiger partial charge in [0.2, 0.25) is 10.0 Å². The molecule has 2 rings (SSSR count). The van der Waals surface area contributed by atoms with Crippen LogP contribution >= 0.6 is 0 Å². The van der Waals surface area contributed by atoms with Gasteiger partial charge in [-0.15, -0.1) is 0 Å². The lowest BCUT2D eigenvalue weighted by Crippen LogP contribution is -2.22. The van der Waals surface area contributed by atoms with Crippen molar-refractivity contribution in [2.24, 2.45) is 0 Å². The van der Waals surface area contributed by atoms with Crippen molar-refractivity contribution in [3.63, 3.8) is 0 Å². The highest BCUT2D eigenvalue weighted by atomic mass is 32.2. The molecule has 0 saturated carbocycles. The van der Waals surface area contributed by atoms with Crippen LogP contribution in [0.15, 0.2) is 29.2 Å². The van der Waals surface area contributed by atoms with E-state index >= 15 is 0 Å². The Bertz CT molecular complexity index is 775. The van der Waals surface area contributed by atoms with Gasteiger partial charge in [0, 0.05) is 31.5 Å². The van der Waals surface area contributed by atoms with Crippen molar-refractivity contribution in [1.82, 2.24) is 8.87 Å². The highest BCUT2D eigenvalue weighted by Crippen LogP contribution is 2.24. The van der Waals surface area contributed by atoms with Crippen molar-refractivity contribution < 1.29 is 18.3 Å². The molecule has 0 atom stereocenters. The zero-order valence-electron chi connectivity index (χ0n) is 11.5. The van der Waals surface area contributed by atoms with Crippen LogP contribution in [0.3, 0.4) is 0 Å². The molecule has 0 amide bonds. The molecule has 1 aromatic heterocycles. The van der Waals surface area contributed by atoms with Crippen LogP contribution in [-0.2, 0) is 16.6 Å². The van der Waals surface area contributed by atoms with E-state index in [0.29, 0.717) is 17.4 Å². The second-order valence-corrected chi connectivity index (χ2v) is 6.74. The van der Waals surface area contributed by atoms with Crippen LogP contribution in [0, 0.1) is 0 Å². The third-order valence-electron chi connectivity index (χ3n) is 3.19. The van der Waals surface area contributed by atoms with Crippen molar-refractivity contribution in [3.05, 3.63) is 30.0 Å². The lowest BCUT2D eigenvalue weighted by atomic mass is 10.2. The maximum absolute atomic E-state index is 12.1. The van der Waals surface area contributed by atoms with E-state index in [-0.39, 0.29) is 10.6 Å². The second kappa shape index (κ2) is 4.92. The Hall–Kier alpha value is -1.86. The van der Waals surface area contributed by atoms with E-state index in [1.165, 1.54) is 32.3 Å². The van der Waals surface area contributed by atoms with Gasteiger partial charge in [-0.3, -0.25) is 0 Å². The maximum Gasteiger partial charge on any atom is 0.352 e. The molecule has 0 aliphatic carbocycles. The number of hydrogen-bond donors (Lipinski definition) is 1. The average molecular weight is 296 g/mol. The van der Waals surface area contributed by atoms with E-state index in [1.54, 1.807) is 10.6 Å². The van der Waals surface area contributed by atoms with Crippen LogP contribution < -0.4 is 0 Å². The molecule has 0 radical (unpaired) electrons. The summed E-state index contributed by atoms with van der Waals surface area (Å²) in [5.74, 6) is -1.03. The monoisotopic (exact) mass is 296 g/mol. The number of carboxylic acid groups (broad SMARTS) is 1. The van der Waals surface area contributed by atoms with Crippen molar-refractivity contribution in [2.75, 3.05) is 14.1 Å². The van der Waals surface area contributed by atoms with Gasteiger partial charge in [0.25, 0.3) is 0 Å². The maximum atomic E-state index is 12.1. The molecule has 20 heavy (non-hydrogen) atoms. The predicted octanol–water partition coefficient (Wildman–Crippen LogP) is 1.61. The van der Waals surface area contributed by atoms with Gasteiger partial charge in [-0.25, -0.2) is 17.5 Å². The van der Waals surface area contributed by atoms with Crippen molar-refractivity contribution >= 4 is 26.9 Å². The first kappa shape index (κ1) is 14.5. The number of carboxylic acids is 1. The van der Waals surface area contributed by atoms with Gasteiger partial charge in [0.05, 0.1) is 4.90 Å². The number of aromatic carboxylic acids is 1. The Morgan fingerprint density at radius 3 is 2.45 bits per heavy atom. The Balaban J connectivity index is 2.71. The highest BCUT2D eigenvalue weighted by molar-refractivity contribution is 7.89. The van der Waals surface area contributed by atoms with E-state index in [1.807, 2.05) is 6.92 Å². The Morgan fingerprint density at radius 1 is 1.30 bits per heavy atom. The zero-order chi connectivity index (χ0) is 15.1. The molecule has 1 heterocycles. The smallest absolute Gasteiger partial charge is 0.352 e. The number of nitrogens with zero attached hydrogens (tertiary/aromatic N) is 2. The average Bonchev–Trinajstić information content (AvgIpc) is 2.75. The number of rotatable bonds is 4. The molecule has 0 unspecified atom stereocenters. The molecular weight excluding hydrogens is 280 g/mol. The van der Waals surface area contributed by atoms with Gasteiger partial charge in [-0.2, -0.15) is 0 Å². The zero-order valence-corrected chi connectivity index (χ0v) is 12.3. The minimum Gasteiger partial charge on any atom is -0.477 e. The van der Waals surface area contributed by atoms with E-state index in [0.717, 1.165) is 4.31 Å². The first-order valence-electron chi connectivity index (χ1n) is 6.08. The Kier molecular flexibility index (Phi) is 3.58. The lowest BCUT2D eigenvalue weighted by molar-refractivity contribution is 0.0686. The summed E-state index contributed by atoms with van der Waals surface area (Å²) in [7, 11) is -0.607. The molecule has 0 fully saturated rings. The third kappa shape index (κ3) is 2.19. The standard InChI is InChI=1S/C13H16N2O4S/c1-4-15-11-6-5-10(20(18,19)14(2)3)7-9(11)8-12(15)13(16)17/h5-8H,4H2,1-3H3,(H,16,17). The summed E-state index contributed by atoms with van der Waals surface area (Å²) < 4.78 is 26.9. The summed E-state index contributed by atoms with van der Waals surface area (Å²) in [5, 5.41) is 9.77. The molecule has 0 saturated heterocycles. The predicted molar refractivity (Wildman–Crippen MR) is 75.4 cm³/mol. The van der Waals surface area contributed by atoms with Crippen LogP contribution in [-0.4, -0.2) is 42.5 Å². The Morgan fingerprint density at radius 2 is 1.95 bits per heavy atom. The fourth-order valence-corrected chi connectivity index (χ4v) is 3.08. The second-order valence-electron chi connectivity index (χ2n) is 4.59. The molecule has 7 heteroatoms. The molecule has 0 spiro atoms. The van der Waals surface area contributed by atoms with E-state index < -0.39 is 16.0 Å². The fraction of sp³-hybridized carbons (Fsp3) is 0.308. The van der Waals surface area contributed by atoms with Gasteiger partial charge in [0.15, 0.2) is 0 Å². The Labute approximate surface area is 117 Å². The molecule has 108 valence electrons. The molecule has 2 aromatic rings. The third-order valence-corrected chi connectivity index (χ3v) is 5.00. The molecular formula is C13H16N2O4S. The van der Waals surface area contributed by atoms with E-state index in [4.69, 9.17) is 5.11 Å². The number of hydrogen-bond acceptors (Lipinski definition) is 3. The SMILES string of the molecule is CCn1c(C(=O)O)cc2cc(S(=O)(=O)N(C)C)ccc21. The molecule has 0 aliphatic rings. The summed E-state index contributed by atoms with van der Waals surface area (Å²) >= 11 is 0.